The maximum atomic E-state index is 6.28. The molecule has 108 valence electrons. The molecule has 4 nitrogen and oxygen atoms in total. The molecule has 2 unspecified atom stereocenters. The van der Waals surface area contributed by atoms with E-state index in [9.17, 15) is 0 Å². The number of hydrogen-bond donors (Lipinski definition) is 1. The summed E-state index contributed by atoms with van der Waals surface area (Å²) in [5, 5.41) is 4.67. The fraction of sp³-hybridized carbons (Fsp3) is 0.800. The van der Waals surface area contributed by atoms with Gasteiger partial charge in [0.05, 0.1) is 17.8 Å². The van der Waals surface area contributed by atoms with Crippen molar-refractivity contribution in [3.8, 4) is 0 Å². The van der Waals surface area contributed by atoms with Crippen LogP contribution in [0.2, 0.25) is 0 Å². The molecule has 1 fully saturated rings. The average molecular weight is 265 g/mol. The normalized spacial score (nSPS) is 18.8. The van der Waals surface area contributed by atoms with Gasteiger partial charge in [-0.1, -0.05) is 13.8 Å². The Morgan fingerprint density at radius 1 is 1.42 bits per heavy atom. The summed E-state index contributed by atoms with van der Waals surface area (Å²) in [4.78, 5) is 0. The van der Waals surface area contributed by atoms with Crippen molar-refractivity contribution in [2.24, 2.45) is 11.7 Å². The molecule has 0 radical (unpaired) electrons. The molecule has 1 heterocycles. The van der Waals surface area contributed by atoms with Crippen LogP contribution in [0.15, 0.2) is 12.3 Å². The smallest absolute Gasteiger partial charge is 0.0754 e. The Labute approximate surface area is 116 Å². The first-order valence-electron chi connectivity index (χ1n) is 7.51. The molecule has 0 amide bonds. The second-order valence-electron chi connectivity index (χ2n) is 5.66. The summed E-state index contributed by atoms with van der Waals surface area (Å²) in [6, 6.07) is 2.66. The van der Waals surface area contributed by atoms with Gasteiger partial charge in [-0.2, -0.15) is 5.10 Å². The van der Waals surface area contributed by atoms with Crippen molar-refractivity contribution in [3.05, 3.63) is 18.0 Å². The SMILES string of the molecule is CCC(CC)n1ccc(CC(N)C(OC)C2CC2)n1. The molecule has 1 saturated carbocycles. The number of ether oxygens (including phenoxy) is 1. The van der Waals surface area contributed by atoms with Crippen molar-refractivity contribution in [1.29, 1.82) is 0 Å². The largest absolute Gasteiger partial charge is 0.380 e. The van der Waals surface area contributed by atoms with Crippen LogP contribution >= 0.6 is 0 Å². The molecular formula is C15H27N3O. The molecule has 2 rings (SSSR count). The van der Waals surface area contributed by atoms with Gasteiger partial charge >= 0.3 is 0 Å². The van der Waals surface area contributed by atoms with Gasteiger partial charge in [-0.15, -0.1) is 0 Å². The first-order chi connectivity index (χ1) is 9.19. The zero-order valence-electron chi connectivity index (χ0n) is 12.4. The summed E-state index contributed by atoms with van der Waals surface area (Å²) in [5.74, 6) is 0.668. The molecule has 4 heteroatoms. The number of nitrogens with zero attached hydrogens (tertiary/aromatic N) is 2. The highest BCUT2D eigenvalue weighted by molar-refractivity contribution is 5.04. The fourth-order valence-electron chi connectivity index (χ4n) is 2.85. The van der Waals surface area contributed by atoms with Crippen LogP contribution in [0.3, 0.4) is 0 Å². The van der Waals surface area contributed by atoms with Crippen LogP contribution in [-0.4, -0.2) is 29.0 Å². The van der Waals surface area contributed by atoms with Gasteiger partial charge in [-0.05, 0) is 37.7 Å². The number of aromatic nitrogens is 2. The van der Waals surface area contributed by atoms with Gasteiger partial charge in [0, 0.05) is 25.8 Å². The Hall–Kier alpha value is -0.870. The lowest BCUT2D eigenvalue weighted by atomic mass is 10.0. The summed E-state index contributed by atoms with van der Waals surface area (Å²) in [6.45, 7) is 4.41. The standard InChI is InChI=1S/C15H27N3O/c1-4-13(5-2)18-9-8-12(17-18)10-14(16)15(19-3)11-6-7-11/h8-9,11,13-15H,4-7,10,16H2,1-3H3. The maximum Gasteiger partial charge on any atom is 0.0754 e. The van der Waals surface area contributed by atoms with Gasteiger partial charge < -0.3 is 10.5 Å². The predicted octanol–water partition coefficient (Wildman–Crippen LogP) is 2.54. The number of hydrogen-bond acceptors (Lipinski definition) is 3. The van der Waals surface area contributed by atoms with Crippen LogP contribution in [-0.2, 0) is 11.2 Å². The van der Waals surface area contributed by atoms with Crippen LogP contribution in [0.5, 0.6) is 0 Å². The molecule has 2 N–H and O–H groups in total. The quantitative estimate of drug-likeness (QED) is 0.786. The topological polar surface area (TPSA) is 53.1 Å². The Morgan fingerprint density at radius 3 is 2.63 bits per heavy atom. The molecule has 0 saturated heterocycles. The zero-order chi connectivity index (χ0) is 13.8. The summed E-state index contributed by atoms with van der Waals surface area (Å²) < 4.78 is 7.63. The molecule has 0 spiro atoms. The molecule has 0 bridgehead atoms. The van der Waals surface area contributed by atoms with E-state index in [4.69, 9.17) is 10.5 Å². The van der Waals surface area contributed by atoms with E-state index in [0.29, 0.717) is 12.0 Å². The van der Waals surface area contributed by atoms with Crippen LogP contribution in [0.1, 0.15) is 51.3 Å². The third-order valence-electron chi connectivity index (χ3n) is 4.21. The van der Waals surface area contributed by atoms with E-state index in [2.05, 4.69) is 35.9 Å². The van der Waals surface area contributed by atoms with Crippen molar-refractivity contribution in [2.75, 3.05) is 7.11 Å². The van der Waals surface area contributed by atoms with E-state index in [1.165, 1.54) is 12.8 Å². The fourth-order valence-corrected chi connectivity index (χ4v) is 2.85. The van der Waals surface area contributed by atoms with E-state index < -0.39 is 0 Å². The highest BCUT2D eigenvalue weighted by atomic mass is 16.5. The van der Waals surface area contributed by atoms with Crippen molar-refractivity contribution in [2.45, 2.75) is 64.1 Å². The van der Waals surface area contributed by atoms with Crippen LogP contribution in [0.25, 0.3) is 0 Å². The lowest BCUT2D eigenvalue weighted by molar-refractivity contribution is 0.0623. The van der Waals surface area contributed by atoms with Crippen LogP contribution in [0.4, 0.5) is 0 Å². The van der Waals surface area contributed by atoms with E-state index in [1.54, 1.807) is 7.11 Å². The number of rotatable bonds is 8. The Bertz CT molecular complexity index is 382. The highest BCUT2D eigenvalue weighted by Crippen LogP contribution is 2.35. The third-order valence-corrected chi connectivity index (χ3v) is 4.21. The summed E-state index contributed by atoms with van der Waals surface area (Å²) in [5.41, 5.74) is 7.36. The van der Waals surface area contributed by atoms with E-state index in [1.807, 2.05) is 0 Å². The minimum absolute atomic E-state index is 0.0579. The number of methoxy groups -OCH3 is 1. The summed E-state index contributed by atoms with van der Waals surface area (Å²) in [7, 11) is 1.77. The van der Waals surface area contributed by atoms with Crippen molar-refractivity contribution >= 4 is 0 Å². The molecule has 2 atom stereocenters. The molecular weight excluding hydrogens is 238 g/mol. The summed E-state index contributed by atoms with van der Waals surface area (Å²) in [6.07, 6.45) is 7.83. The van der Waals surface area contributed by atoms with Gasteiger partial charge in [-0.25, -0.2) is 0 Å². The zero-order valence-corrected chi connectivity index (χ0v) is 12.4. The van der Waals surface area contributed by atoms with Crippen molar-refractivity contribution in [3.63, 3.8) is 0 Å². The Morgan fingerprint density at radius 2 is 2.11 bits per heavy atom. The lowest BCUT2D eigenvalue weighted by Gasteiger charge is -2.21. The minimum atomic E-state index is 0.0579. The van der Waals surface area contributed by atoms with E-state index in [-0.39, 0.29) is 12.1 Å². The molecule has 0 aliphatic heterocycles. The van der Waals surface area contributed by atoms with Gasteiger partial charge in [0.15, 0.2) is 0 Å². The first-order valence-corrected chi connectivity index (χ1v) is 7.51. The molecule has 1 aliphatic carbocycles. The first kappa shape index (κ1) is 14.5. The van der Waals surface area contributed by atoms with Crippen LogP contribution in [0, 0.1) is 5.92 Å². The molecule has 1 aliphatic rings. The molecule has 0 aromatic carbocycles. The Kier molecular flexibility index (Phi) is 4.99. The Balaban J connectivity index is 1.95. The van der Waals surface area contributed by atoms with Crippen molar-refractivity contribution in [1.82, 2.24) is 9.78 Å². The third kappa shape index (κ3) is 3.57. The maximum absolute atomic E-state index is 6.28. The second-order valence-corrected chi connectivity index (χ2v) is 5.66. The van der Waals surface area contributed by atoms with Crippen molar-refractivity contribution < 1.29 is 4.74 Å². The van der Waals surface area contributed by atoms with Gasteiger partial charge in [0.1, 0.15) is 0 Å². The lowest BCUT2D eigenvalue weighted by Crippen LogP contribution is -2.39. The predicted molar refractivity (Wildman–Crippen MR) is 77.0 cm³/mol. The summed E-state index contributed by atoms with van der Waals surface area (Å²) >= 11 is 0. The number of nitrogens with two attached hydrogens (primary N) is 1. The monoisotopic (exact) mass is 265 g/mol. The highest BCUT2D eigenvalue weighted by Gasteiger charge is 2.35. The molecule has 19 heavy (non-hydrogen) atoms. The van der Waals surface area contributed by atoms with Crippen LogP contribution < -0.4 is 5.73 Å². The van der Waals surface area contributed by atoms with E-state index >= 15 is 0 Å². The van der Waals surface area contributed by atoms with Gasteiger partial charge in [0.25, 0.3) is 0 Å². The van der Waals surface area contributed by atoms with E-state index in [0.717, 1.165) is 25.0 Å². The molecule has 1 aromatic heterocycles. The minimum Gasteiger partial charge on any atom is -0.380 e. The second kappa shape index (κ2) is 6.53. The van der Waals surface area contributed by atoms with Gasteiger partial charge in [0.2, 0.25) is 0 Å². The average Bonchev–Trinajstić information content (AvgIpc) is 3.13. The van der Waals surface area contributed by atoms with Gasteiger partial charge in [-0.3, -0.25) is 4.68 Å². The molecule has 1 aromatic rings.